The molecule has 1 fully saturated rings. The second-order valence-electron chi connectivity index (χ2n) is 6.10. The number of aliphatic hydroxyl groups excluding tert-OH is 1. The Hall–Kier alpha value is -2.62. The van der Waals surface area contributed by atoms with E-state index in [0.717, 1.165) is 37.2 Å². The fourth-order valence-corrected chi connectivity index (χ4v) is 2.21. The highest BCUT2D eigenvalue weighted by atomic mass is 19.3. The third-order valence-corrected chi connectivity index (χ3v) is 3.55. The van der Waals surface area contributed by atoms with Crippen LogP contribution in [0.1, 0.15) is 17.5 Å². The number of nitrogens with one attached hydrogen (secondary N) is 2. The van der Waals surface area contributed by atoms with E-state index in [0.29, 0.717) is 0 Å². The van der Waals surface area contributed by atoms with Gasteiger partial charge < -0.3 is 25.6 Å². The van der Waals surface area contributed by atoms with E-state index in [9.17, 15) is 13.2 Å². The zero-order valence-electron chi connectivity index (χ0n) is 17.0. The number of benzene rings is 2. The van der Waals surface area contributed by atoms with Crippen LogP contribution in [0.25, 0.3) is 0 Å². The van der Waals surface area contributed by atoms with Crippen molar-refractivity contribution < 1.29 is 32.9 Å². The molecule has 0 aliphatic carbocycles. The minimum Gasteiger partial charge on any atom is -0.483 e. The van der Waals surface area contributed by atoms with Crippen LogP contribution in [0, 0.1) is 12.7 Å². The quantitative estimate of drug-likeness (QED) is 0.557. The van der Waals surface area contributed by atoms with Gasteiger partial charge >= 0.3 is 6.61 Å². The van der Waals surface area contributed by atoms with Crippen LogP contribution < -0.4 is 15.4 Å². The first kappa shape index (κ1) is 27.4. The van der Waals surface area contributed by atoms with Crippen molar-refractivity contribution >= 4 is 6.47 Å². The van der Waals surface area contributed by atoms with Gasteiger partial charge in [-0.05, 0) is 56.8 Å². The summed E-state index contributed by atoms with van der Waals surface area (Å²) in [5, 5.41) is 21.5. The molecule has 1 heterocycles. The number of carboxylic acid groups (broad SMARTS) is 1. The van der Waals surface area contributed by atoms with Gasteiger partial charge in [0, 0.05) is 13.1 Å². The lowest BCUT2D eigenvalue weighted by atomic mass is 10.2. The van der Waals surface area contributed by atoms with Gasteiger partial charge in [0.25, 0.3) is 6.47 Å². The molecule has 30 heavy (non-hydrogen) atoms. The van der Waals surface area contributed by atoms with E-state index in [1.54, 1.807) is 18.2 Å². The molecule has 0 amide bonds. The standard InChI is InChI=1S/C8H8F2O.C8H10FN.C4H9NO.CH2O2/c1-6-2-4-7(5-3-6)11-8(9)10;1-10-6-7-3-2-4-8(9)5-7;6-4-1-2-5-3-4;2-1-3/h2-5,8H,1H3;2-5,10H,6H2,1H3;4-6H,1-3H2;1H,(H,2,3). The highest BCUT2D eigenvalue weighted by Gasteiger charge is 2.08. The Bertz CT molecular complexity index is 682. The average Bonchev–Trinajstić information content (AvgIpc) is 3.16. The number of halogens is 3. The number of carbonyl (C=O) groups is 1. The normalized spacial score (nSPS) is 14.3. The van der Waals surface area contributed by atoms with E-state index in [-0.39, 0.29) is 24.1 Å². The van der Waals surface area contributed by atoms with Crippen LogP contribution in [0.5, 0.6) is 5.75 Å². The van der Waals surface area contributed by atoms with Crippen LogP contribution in [0.3, 0.4) is 0 Å². The summed E-state index contributed by atoms with van der Waals surface area (Å²) in [6, 6.07) is 13.0. The maximum atomic E-state index is 12.5. The lowest BCUT2D eigenvalue weighted by molar-refractivity contribution is -0.122. The summed E-state index contributed by atoms with van der Waals surface area (Å²) in [5.74, 6) is 0.0263. The van der Waals surface area contributed by atoms with Crippen molar-refractivity contribution in [2.24, 2.45) is 0 Å². The second-order valence-corrected chi connectivity index (χ2v) is 6.10. The van der Waals surface area contributed by atoms with Crippen LogP contribution >= 0.6 is 0 Å². The van der Waals surface area contributed by atoms with E-state index in [1.165, 1.54) is 24.3 Å². The van der Waals surface area contributed by atoms with Crippen LogP contribution in [-0.2, 0) is 11.3 Å². The molecular formula is C21H29F3N2O4. The number of hydrogen-bond donors (Lipinski definition) is 4. The van der Waals surface area contributed by atoms with Crippen molar-refractivity contribution in [3.63, 3.8) is 0 Å². The summed E-state index contributed by atoms with van der Waals surface area (Å²) in [7, 11) is 1.84. The van der Waals surface area contributed by atoms with E-state index >= 15 is 0 Å². The van der Waals surface area contributed by atoms with E-state index in [1.807, 2.05) is 20.0 Å². The molecule has 1 aliphatic rings. The zero-order chi connectivity index (χ0) is 22.8. The van der Waals surface area contributed by atoms with E-state index in [4.69, 9.17) is 15.0 Å². The molecule has 3 rings (SSSR count). The number of aryl methyl sites for hydroxylation is 1. The predicted molar refractivity (Wildman–Crippen MR) is 109 cm³/mol. The van der Waals surface area contributed by atoms with E-state index < -0.39 is 6.61 Å². The van der Waals surface area contributed by atoms with Crippen molar-refractivity contribution in [1.29, 1.82) is 0 Å². The second kappa shape index (κ2) is 17.3. The van der Waals surface area contributed by atoms with Gasteiger partial charge in [-0.15, -0.1) is 0 Å². The van der Waals surface area contributed by atoms with Crippen LogP contribution in [-0.4, -0.2) is 49.5 Å². The molecule has 168 valence electrons. The summed E-state index contributed by atoms with van der Waals surface area (Å²) >= 11 is 0. The van der Waals surface area contributed by atoms with Gasteiger partial charge in [-0.3, -0.25) is 4.79 Å². The highest BCUT2D eigenvalue weighted by molar-refractivity contribution is 5.32. The largest absolute Gasteiger partial charge is 0.483 e. The molecule has 0 saturated carbocycles. The van der Waals surface area contributed by atoms with Crippen LogP contribution in [0.15, 0.2) is 48.5 Å². The molecule has 0 bridgehead atoms. The molecule has 2 aromatic carbocycles. The molecule has 9 heteroatoms. The molecule has 6 nitrogen and oxygen atoms in total. The summed E-state index contributed by atoms with van der Waals surface area (Å²) in [6.45, 7) is 1.39. The Morgan fingerprint density at radius 3 is 2.30 bits per heavy atom. The molecule has 1 unspecified atom stereocenters. The molecule has 0 spiro atoms. The molecule has 1 aliphatic heterocycles. The Labute approximate surface area is 174 Å². The van der Waals surface area contributed by atoms with Gasteiger partial charge in [-0.1, -0.05) is 29.8 Å². The molecule has 0 aromatic heterocycles. The molecule has 2 aromatic rings. The van der Waals surface area contributed by atoms with Gasteiger partial charge in [-0.25, -0.2) is 4.39 Å². The first-order chi connectivity index (χ1) is 14.3. The average molecular weight is 430 g/mol. The molecular weight excluding hydrogens is 401 g/mol. The Morgan fingerprint density at radius 1 is 1.27 bits per heavy atom. The molecule has 1 saturated heterocycles. The summed E-state index contributed by atoms with van der Waals surface area (Å²) in [5.41, 5.74) is 1.99. The predicted octanol–water partition coefficient (Wildman–Crippen LogP) is 3.18. The smallest absolute Gasteiger partial charge is 0.387 e. The van der Waals surface area contributed by atoms with Crippen LogP contribution in [0.4, 0.5) is 13.2 Å². The SMILES string of the molecule is CNCc1cccc(F)c1.Cc1ccc(OC(F)F)cc1.O=CO.OC1CCNC1. The Morgan fingerprint density at radius 2 is 1.90 bits per heavy atom. The van der Waals surface area contributed by atoms with Gasteiger partial charge in [-0.2, -0.15) is 8.78 Å². The fraction of sp³-hybridized carbons (Fsp3) is 0.381. The Kier molecular flexibility index (Phi) is 15.7. The van der Waals surface area contributed by atoms with Crippen molar-refractivity contribution in [3.8, 4) is 5.75 Å². The van der Waals surface area contributed by atoms with Crippen LogP contribution in [0.2, 0.25) is 0 Å². The van der Waals surface area contributed by atoms with E-state index in [2.05, 4.69) is 15.4 Å². The van der Waals surface area contributed by atoms with Gasteiger partial charge in [0.2, 0.25) is 0 Å². The number of alkyl halides is 2. The van der Waals surface area contributed by atoms with Gasteiger partial charge in [0.1, 0.15) is 11.6 Å². The van der Waals surface area contributed by atoms with Crippen molar-refractivity contribution in [3.05, 3.63) is 65.5 Å². The summed E-state index contributed by atoms with van der Waals surface area (Å²) in [6.07, 6.45) is 0.866. The number of β-amino-alcohol motifs (C(OH)–C–C–N with tert-alkyl or cyclic N) is 1. The first-order valence-electron chi connectivity index (χ1n) is 9.19. The third-order valence-electron chi connectivity index (χ3n) is 3.55. The summed E-state index contributed by atoms with van der Waals surface area (Å²) < 4.78 is 39.8. The monoisotopic (exact) mass is 430 g/mol. The summed E-state index contributed by atoms with van der Waals surface area (Å²) in [4.78, 5) is 8.36. The van der Waals surface area contributed by atoms with Gasteiger partial charge in [0.05, 0.1) is 6.10 Å². The lowest BCUT2D eigenvalue weighted by Crippen LogP contribution is -2.11. The maximum Gasteiger partial charge on any atom is 0.387 e. The topological polar surface area (TPSA) is 90.8 Å². The molecule has 4 N–H and O–H groups in total. The molecule has 0 radical (unpaired) electrons. The van der Waals surface area contributed by atoms with Crippen molar-refractivity contribution in [1.82, 2.24) is 10.6 Å². The number of aliphatic hydroxyl groups is 1. The molecule has 1 atom stereocenters. The first-order valence-corrected chi connectivity index (χ1v) is 9.19. The minimum atomic E-state index is -2.74. The Balaban J connectivity index is 0.000000407. The zero-order valence-corrected chi connectivity index (χ0v) is 17.0. The third kappa shape index (κ3) is 15.3. The fourth-order valence-electron chi connectivity index (χ4n) is 2.21. The minimum absolute atomic E-state index is 0.0648. The van der Waals surface area contributed by atoms with Crippen molar-refractivity contribution in [2.45, 2.75) is 32.6 Å². The number of hydrogen-bond acceptors (Lipinski definition) is 5. The maximum absolute atomic E-state index is 12.5. The van der Waals surface area contributed by atoms with Gasteiger partial charge in [0.15, 0.2) is 0 Å². The number of rotatable bonds is 4. The lowest BCUT2D eigenvalue weighted by Gasteiger charge is -2.02. The van der Waals surface area contributed by atoms with Crippen molar-refractivity contribution in [2.75, 3.05) is 20.1 Å². The highest BCUT2D eigenvalue weighted by Crippen LogP contribution is 2.13. The number of ether oxygens (including phenoxy) is 1.